The molecule has 0 spiro atoms. The van der Waals surface area contributed by atoms with E-state index < -0.39 is 6.04 Å². The maximum absolute atomic E-state index is 12.5. The molecule has 4 nitrogen and oxygen atoms in total. The third-order valence-electron chi connectivity index (χ3n) is 3.67. The lowest BCUT2D eigenvalue weighted by molar-refractivity contribution is -0.121. The summed E-state index contributed by atoms with van der Waals surface area (Å²) in [5.74, 6) is -0.445. The van der Waals surface area contributed by atoms with Crippen LogP contribution in [0.3, 0.4) is 0 Å². The zero-order chi connectivity index (χ0) is 15.7. The van der Waals surface area contributed by atoms with Gasteiger partial charge in [0.25, 0.3) is 5.91 Å². The van der Waals surface area contributed by atoms with Gasteiger partial charge in [0.15, 0.2) is 0 Å². The molecule has 112 valence electrons. The van der Waals surface area contributed by atoms with Gasteiger partial charge in [-0.2, -0.15) is 0 Å². The fraction of sp³-hybridized carbons (Fsp3) is 0.176. The van der Waals surface area contributed by atoms with Crippen LogP contribution in [0.2, 0.25) is 5.02 Å². The summed E-state index contributed by atoms with van der Waals surface area (Å²) in [5, 5.41) is 3.72. The zero-order valence-corrected chi connectivity index (χ0v) is 12.8. The predicted molar refractivity (Wildman–Crippen MR) is 87.2 cm³/mol. The van der Waals surface area contributed by atoms with Crippen LogP contribution in [0.15, 0.2) is 48.5 Å². The van der Waals surface area contributed by atoms with Gasteiger partial charge >= 0.3 is 0 Å². The van der Waals surface area contributed by atoms with Gasteiger partial charge in [-0.1, -0.05) is 35.9 Å². The Morgan fingerprint density at radius 1 is 1.14 bits per heavy atom. The highest BCUT2D eigenvalue weighted by Crippen LogP contribution is 2.26. The lowest BCUT2D eigenvalue weighted by Crippen LogP contribution is -2.34. The number of halogens is 1. The van der Waals surface area contributed by atoms with Crippen molar-refractivity contribution >= 4 is 34.8 Å². The molecule has 1 aliphatic heterocycles. The molecular weight excluding hydrogens is 300 g/mol. The average molecular weight is 315 g/mol. The largest absolute Gasteiger partial charge is 0.373 e. The summed E-state index contributed by atoms with van der Waals surface area (Å²) in [6.45, 7) is 1.91. The highest BCUT2D eigenvalue weighted by molar-refractivity contribution is 6.31. The number of hydrogen-bond acceptors (Lipinski definition) is 3. The van der Waals surface area contributed by atoms with Crippen molar-refractivity contribution in [1.29, 1.82) is 0 Å². The molecule has 1 heterocycles. The molecule has 1 unspecified atom stereocenters. The van der Waals surface area contributed by atoms with E-state index in [0.29, 0.717) is 10.7 Å². The molecule has 0 radical (unpaired) electrons. The molecule has 2 aromatic rings. The molecule has 1 N–H and O–H groups in total. The average Bonchev–Trinajstić information content (AvgIpc) is 2.78. The molecule has 1 saturated heterocycles. The zero-order valence-electron chi connectivity index (χ0n) is 12.0. The number of benzene rings is 2. The minimum atomic E-state index is -0.563. The van der Waals surface area contributed by atoms with Crippen LogP contribution >= 0.6 is 11.6 Å². The van der Waals surface area contributed by atoms with E-state index in [9.17, 15) is 9.59 Å². The third kappa shape index (κ3) is 2.70. The van der Waals surface area contributed by atoms with E-state index >= 15 is 0 Å². The van der Waals surface area contributed by atoms with E-state index in [0.717, 1.165) is 11.3 Å². The van der Waals surface area contributed by atoms with Gasteiger partial charge in [-0.05, 0) is 36.8 Å². The number of nitrogens with one attached hydrogen (secondary N) is 1. The summed E-state index contributed by atoms with van der Waals surface area (Å²) in [5.41, 5.74) is 2.30. The normalized spacial score (nSPS) is 17.9. The Kier molecular flexibility index (Phi) is 3.86. The monoisotopic (exact) mass is 314 g/mol. The minimum Gasteiger partial charge on any atom is -0.373 e. The van der Waals surface area contributed by atoms with Crippen molar-refractivity contribution in [2.45, 2.75) is 19.4 Å². The third-order valence-corrected chi connectivity index (χ3v) is 4.08. The Balaban J connectivity index is 1.80. The maximum Gasteiger partial charge on any atom is 0.256 e. The van der Waals surface area contributed by atoms with E-state index in [1.807, 2.05) is 25.1 Å². The minimum absolute atomic E-state index is 0.138. The van der Waals surface area contributed by atoms with Crippen molar-refractivity contribution in [1.82, 2.24) is 0 Å². The Labute approximate surface area is 133 Å². The molecular formula is C17H15ClN2O2. The van der Waals surface area contributed by atoms with Crippen molar-refractivity contribution in [3.8, 4) is 0 Å². The number of rotatable bonds is 3. The second-order valence-corrected chi connectivity index (χ2v) is 5.68. The number of carbonyl (C=O) groups excluding carboxylic acids is 2. The first-order valence-electron chi connectivity index (χ1n) is 7.01. The summed E-state index contributed by atoms with van der Waals surface area (Å²) in [6.07, 6.45) is 0.138. The number of hydrogen-bond donors (Lipinski definition) is 1. The Morgan fingerprint density at radius 3 is 2.55 bits per heavy atom. The molecule has 3 rings (SSSR count). The molecule has 5 heteroatoms. The van der Waals surface area contributed by atoms with Gasteiger partial charge < -0.3 is 5.32 Å². The molecule has 1 fully saturated rings. The van der Waals surface area contributed by atoms with Crippen LogP contribution in [0.4, 0.5) is 11.4 Å². The first-order chi connectivity index (χ1) is 10.6. The van der Waals surface area contributed by atoms with Crippen LogP contribution in [-0.2, 0) is 9.59 Å². The summed E-state index contributed by atoms with van der Waals surface area (Å²) in [7, 11) is 0. The van der Waals surface area contributed by atoms with Gasteiger partial charge in [-0.25, -0.2) is 4.90 Å². The highest BCUT2D eigenvalue weighted by Gasteiger charge is 2.39. The summed E-state index contributed by atoms with van der Waals surface area (Å²) in [6, 6.07) is 13.9. The van der Waals surface area contributed by atoms with Gasteiger partial charge in [-0.3, -0.25) is 9.59 Å². The first-order valence-corrected chi connectivity index (χ1v) is 7.38. The number of anilines is 2. The van der Waals surface area contributed by atoms with Gasteiger partial charge in [-0.15, -0.1) is 0 Å². The first kappa shape index (κ1) is 14.6. The molecule has 1 aliphatic rings. The van der Waals surface area contributed by atoms with Crippen molar-refractivity contribution in [3.05, 3.63) is 59.1 Å². The van der Waals surface area contributed by atoms with Crippen molar-refractivity contribution in [3.63, 3.8) is 0 Å². The second kappa shape index (κ2) is 5.81. The number of para-hydroxylation sites is 1. The molecule has 0 aliphatic carbocycles. The van der Waals surface area contributed by atoms with Crippen LogP contribution < -0.4 is 10.2 Å². The molecule has 2 aromatic carbocycles. The molecule has 0 bridgehead atoms. The van der Waals surface area contributed by atoms with Gasteiger partial charge in [0.05, 0.1) is 12.1 Å². The van der Waals surface area contributed by atoms with E-state index in [1.165, 1.54) is 4.90 Å². The van der Waals surface area contributed by atoms with E-state index in [4.69, 9.17) is 11.6 Å². The van der Waals surface area contributed by atoms with Crippen LogP contribution in [0.5, 0.6) is 0 Å². The second-order valence-electron chi connectivity index (χ2n) is 5.27. The van der Waals surface area contributed by atoms with Crippen LogP contribution in [0.25, 0.3) is 0 Å². The van der Waals surface area contributed by atoms with Gasteiger partial charge in [0.2, 0.25) is 5.91 Å². The Hall–Kier alpha value is -2.33. The quantitative estimate of drug-likeness (QED) is 0.883. The number of imide groups is 1. The lowest BCUT2D eigenvalue weighted by Gasteiger charge is -2.16. The number of nitrogens with zero attached hydrogens (tertiary/aromatic N) is 1. The number of carbonyl (C=O) groups is 2. The molecule has 22 heavy (non-hydrogen) atoms. The van der Waals surface area contributed by atoms with Crippen molar-refractivity contribution < 1.29 is 9.59 Å². The highest BCUT2D eigenvalue weighted by atomic mass is 35.5. The molecule has 0 aromatic heterocycles. The van der Waals surface area contributed by atoms with Crippen LogP contribution in [-0.4, -0.2) is 17.9 Å². The van der Waals surface area contributed by atoms with Crippen LogP contribution in [0, 0.1) is 6.92 Å². The summed E-state index contributed by atoms with van der Waals surface area (Å²) >= 11 is 6.09. The van der Waals surface area contributed by atoms with Crippen LogP contribution in [0.1, 0.15) is 12.0 Å². The van der Waals surface area contributed by atoms with E-state index in [2.05, 4.69) is 5.32 Å². The van der Waals surface area contributed by atoms with E-state index in [-0.39, 0.29) is 18.2 Å². The molecule has 2 amide bonds. The van der Waals surface area contributed by atoms with E-state index in [1.54, 1.807) is 30.3 Å². The molecule has 1 atom stereocenters. The Morgan fingerprint density at radius 2 is 1.86 bits per heavy atom. The standard InChI is InChI=1S/C17H15ClN2O2/c1-11-7-8-12(9-14(11)18)19-15-10-16(21)20(17(15)22)13-5-3-2-4-6-13/h2-9,15,19H,10H2,1H3. The number of amides is 2. The lowest BCUT2D eigenvalue weighted by atomic mass is 10.2. The Bertz CT molecular complexity index is 731. The van der Waals surface area contributed by atoms with Gasteiger partial charge in [0, 0.05) is 10.7 Å². The topological polar surface area (TPSA) is 49.4 Å². The summed E-state index contributed by atoms with van der Waals surface area (Å²) < 4.78 is 0. The van der Waals surface area contributed by atoms with Crippen molar-refractivity contribution in [2.24, 2.45) is 0 Å². The van der Waals surface area contributed by atoms with Gasteiger partial charge in [0.1, 0.15) is 6.04 Å². The molecule has 0 saturated carbocycles. The number of aryl methyl sites for hydroxylation is 1. The fourth-order valence-electron chi connectivity index (χ4n) is 2.48. The smallest absolute Gasteiger partial charge is 0.256 e. The summed E-state index contributed by atoms with van der Waals surface area (Å²) in [4.78, 5) is 25.9. The van der Waals surface area contributed by atoms with Crippen molar-refractivity contribution in [2.75, 3.05) is 10.2 Å². The maximum atomic E-state index is 12.5. The fourth-order valence-corrected chi connectivity index (χ4v) is 2.66. The predicted octanol–water partition coefficient (Wildman–Crippen LogP) is 3.39. The SMILES string of the molecule is Cc1ccc(NC2CC(=O)N(c3ccccc3)C2=O)cc1Cl.